The fourth-order valence-electron chi connectivity index (χ4n) is 3.86. The molecule has 7 heteroatoms. The Morgan fingerprint density at radius 2 is 1.77 bits per heavy atom. The van der Waals surface area contributed by atoms with Crippen LogP contribution in [0.1, 0.15) is 35.2 Å². The highest BCUT2D eigenvalue weighted by Gasteiger charge is 2.29. The molecule has 0 amide bonds. The van der Waals surface area contributed by atoms with Crippen LogP contribution < -0.4 is 0 Å². The lowest BCUT2D eigenvalue weighted by Gasteiger charge is -2.27. The number of hydrogen-bond acceptors (Lipinski definition) is 3. The Balaban J connectivity index is 1.85. The van der Waals surface area contributed by atoms with Crippen LogP contribution in [0.15, 0.2) is 42.1 Å². The van der Waals surface area contributed by atoms with Crippen molar-refractivity contribution in [3.05, 3.63) is 69.5 Å². The zero-order chi connectivity index (χ0) is 18.3. The number of halogens is 2. The zero-order valence-electron chi connectivity index (χ0n) is 14.1. The first-order valence-electron chi connectivity index (χ1n) is 8.58. The van der Waals surface area contributed by atoms with E-state index in [4.69, 9.17) is 11.6 Å². The Hall–Kier alpha value is -1.76. The van der Waals surface area contributed by atoms with Crippen molar-refractivity contribution in [3.63, 3.8) is 0 Å². The summed E-state index contributed by atoms with van der Waals surface area (Å²) in [4.78, 5) is 4.63. The van der Waals surface area contributed by atoms with Crippen LogP contribution in [0, 0.1) is 0 Å². The Bertz CT molecular complexity index is 994. The average Bonchev–Trinajstić information content (AvgIpc) is 2.78. The topological polar surface area (TPSA) is 50.3 Å². The van der Waals surface area contributed by atoms with Crippen molar-refractivity contribution in [1.82, 2.24) is 9.29 Å². The molecular formula is C19H18ClFN2O2S. The van der Waals surface area contributed by atoms with E-state index in [0.29, 0.717) is 17.9 Å². The second kappa shape index (κ2) is 6.76. The van der Waals surface area contributed by atoms with E-state index in [2.05, 4.69) is 11.1 Å². The molecule has 4 rings (SSSR count). The van der Waals surface area contributed by atoms with Gasteiger partial charge in [-0.05, 0) is 60.6 Å². The fourth-order valence-corrected chi connectivity index (χ4v) is 4.67. The van der Waals surface area contributed by atoms with Crippen molar-refractivity contribution in [2.45, 2.75) is 25.7 Å². The highest BCUT2D eigenvalue weighted by molar-refractivity contribution is 7.83. The summed E-state index contributed by atoms with van der Waals surface area (Å²) in [6.45, 7) is 0.311. The highest BCUT2D eigenvalue weighted by Crippen LogP contribution is 2.38. The molecule has 0 bridgehead atoms. The van der Waals surface area contributed by atoms with E-state index in [1.54, 1.807) is 6.20 Å². The van der Waals surface area contributed by atoms with Crippen LogP contribution in [0.4, 0.5) is 3.89 Å². The highest BCUT2D eigenvalue weighted by atomic mass is 35.5. The van der Waals surface area contributed by atoms with Gasteiger partial charge >= 0.3 is 10.4 Å². The van der Waals surface area contributed by atoms with Crippen LogP contribution in [-0.2, 0) is 23.3 Å². The van der Waals surface area contributed by atoms with E-state index >= 15 is 0 Å². The van der Waals surface area contributed by atoms with E-state index < -0.39 is 10.4 Å². The summed E-state index contributed by atoms with van der Waals surface area (Å²) in [5.74, 6) is 0. The van der Waals surface area contributed by atoms with E-state index in [9.17, 15) is 12.3 Å². The average molecular weight is 393 g/mol. The molecule has 1 aliphatic heterocycles. The van der Waals surface area contributed by atoms with E-state index in [1.165, 1.54) is 11.1 Å². The predicted molar refractivity (Wildman–Crippen MR) is 100.0 cm³/mol. The molecule has 1 aromatic carbocycles. The fraction of sp³-hybridized carbons (Fsp3) is 0.316. The van der Waals surface area contributed by atoms with Crippen LogP contribution in [-0.4, -0.2) is 30.8 Å². The first-order valence-corrected chi connectivity index (χ1v) is 10.3. The Morgan fingerprint density at radius 3 is 2.50 bits per heavy atom. The third-order valence-electron chi connectivity index (χ3n) is 5.12. The summed E-state index contributed by atoms with van der Waals surface area (Å²) < 4.78 is 36.5. The van der Waals surface area contributed by atoms with Crippen molar-refractivity contribution in [2.24, 2.45) is 0 Å². The summed E-state index contributed by atoms with van der Waals surface area (Å²) in [7, 11) is -4.64. The summed E-state index contributed by atoms with van der Waals surface area (Å²) in [5, 5.41) is 0.699. The van der Waals surface area contributed by atoms with Crippen molar-refractivity contribution >= 4 is 27.6 Å². The number of aromatic nitrogens is 1. The number of nitrogens with zero attached hydrogens (tertiary/aromatic N) is 2. The van der Waals surface area contributed by atoms with Crippen molar-refractivity contribution in [1.29, 1.82) is 0 Å². The lowest BCUT2D eigenvalue weighted by atomic mass is 9.89. The van der Waals surface area contributed by atoms with Gasteiger partial charge in [0.2, 0.25) is 0 Å². The van der Waals surface area contributed by atoms with Crippen molar-refractivity contribution in [3.8, 4) is 0 Å². The van der Waals surface area contributed by atoms with Gasteiger partial charge in [0.05, 0.1) is 5.69 Å². The number of hydrogen-bond donors (Lipinski definition) is 0. The van der Waals surface area contributed by atoms with Gasteiger partial charge in [-0.1, -0.05) is 33.2 Å². The van der Waals surface area contributed by atoms with Crippen LogP contribution in [0.5, 0.6) is 0 Å². The third-order valence-corrected chi connectivity index (χ3v) is 6.33. The minimum absolute atomic E-state index is 0.156. The molecule has 1 aromatic heterocycles. The summed E-state index contributed by atoms with van der Waals surface area (Å²) >= 11 is 6.20. The van der Waals surface area contributed by atoms with Crippen molar-refractivity contribution in [2.75, 3.05) is 13.1 Å². The molecule has 1 saturated heterocycles. The Morgan fingerprint density at radius 1 is 1.04 bits per heavy atom. The van der Waals surface area contributed by atoms with Gasteiger partial charge in [0, 0.05) is 29.9 Å². The van der Waals surface area contributed by atoms with Gasteiger partial charge in [-0.3, -0.25) is 4.98 Å². The maximum absolute atomic E-state index is 13.3. The molecule has 0 spiro atoms. The molecular weight excluding hydrogens is 375 g/mol. The molecule has 136 valence electrons. The number of rotatable bonds is 1. The maximum Gasteiger partial charge on any atom is 0.374 e. The van der Waals surface area contributed by atoms with E-state index in [0.717, 1.165) is 39.6 Å². The molecule has 26 heavy (non-hydrogen) atoms. The second-order valence-corrected chi connectivity index (χ2v) is 8.41. The van der Waals surface area contributed by atoms with Gasteiger partial charge < -0.3 is 0 Å². The van der Waals surface area contributed by atoms with E-state index in [-0.39, 0.29) is 13.1 Å². The van der Waals surface area contributed by atoms with Gasteiger partial charge in [-0.2, -0.15) is 12.7 Å². The number of pyridine rings is 1. The standard InChI is InChI=1S/C19H18ClFN2O2S/c20-16-5-6-17-15(12-16)4-3-14-2-1-9-22-19(14)18(17)13-7-10-23(11-8-13)26(21,24)25/h1-2,5-6,9,12H,3-4,7-8,10-11H2. The molecule has 1 fully saturated rings. The summed E-state index contributed by atoms with van der Waals surface area (Å²) in [6, 6.07) is 9.89. The molecule has 0 unspecified atom stereocenters. The normalized spacial score (nSPS) is 18.2. The molecule has 0 radical (unpaired) electrons. The number of fused-ring (bicyclic) bond motifs is 2. The number of piperidine rings is 1. The first-order chi connectivity index (χ1) is 12.4. The molecule has 2 aromatic rings. The summed E-state index contributed by atoms with van der Waals surface area (Å²) in [5.41, 5.74) is 6.55. The van der Waals surface area contributed by atoms with Crippen LogP contribution >= 0.6 is 11.6 Å². The Kier molecular flexibility index (Phi) is 4.59. The summed E-state index contributed by atoms with van der Waals surface area (Å²) in [6.07, 6.45) is 4.52. The van der Waals surface area contributed by atoms with Crippen molar-refractivity contribution < 1.29 is 12.3 Å². The lowest BCUT2D eigenvalue weighted by molar-refractivity contribution is 0.364. The lowest BCUT2D eigenvalue weighted by Crippen LogP contribution is -2.34. The maximum atomic E-state index is 13.3. The van der Waals surface area contributed by atoms with E-state index in [1.807, 2.05) is 24.3 Å². The minimum Gasteiger partial charge on any atom is -0.256 e. The molecule has 4 nitrogen and oxygen atoms in total. The van der Waals surface area contributed by atoms with Crippen LogP contribution in [0.2, 0.25) is 5.02 Å². The Labute approximate surface area is 157 Å². The minimum atomic E-state index is -4.64. The molecule has 1 aliphatic carbocycles. The molecule has 2 aliphatic rings. The first kappa shape index (κ1) is 17.6. The zero-order valence-corrected chi connectivity index (χ0v) is 15.7. The van der Waals surface area contributed by atoms with Gasteiger partial charge in [0.15, 0.2) is 0 Å². The molecule has 2 heterocycles. The SMILES string of the molecule is O=S(=O)(F)N1CCC(=C2c3ccc(Cl)cc3CCc3cccnc32)CC1. The molecule has 0 atom stereocenters. The predicted octanol–water partition coefficient (Wildman–Crippen LogP) is 3.95. The quantitative estimate of drug-likeness (QED) is 0.690. The smallest absolute Gasteiger partial charge is 0.256 e. The largest absolute Gasteiger partial charge is 0.374 e. The van der Waals surface area contributed by atoms with Crippen LogP contribution in [0.3, 0.4) is 0 Å². The van der Waals surface area contributed by atoms with Gasteiger partial charge in [0.1, 0.15) is 0 Å². The third kappa shape index (κ3) is 3.29. The van der Waals surface area contributed by atoms with Gasteiger partial charge in [0.25, 0.3) is 0 Å². The monoisotopic (exact) mass is 392 g/mol. The van der Waals surface area contributed by atoms with Gasteiger partial charge in [-0.15, -0.1) is 0 Å². The van der Waals surface area contributed by atoms with Crippen LogP contribution in [0.25, 0.3) is 5.57 Å². The number of benzene rings is 1. The second-order valence-electron chi connectivity index (χ2n) is 6.63. The number of aryl methyl sites for hydroxylation is 2. The molecule has 0 saturated carbocycles. The van der Waals surface area contributed by atoms with Gasteiger partial charge in [-0.25, -0.2) is 0 Å². The molecule has 0 N–H and O–H groups in total.